The van der Waals surface area contributed by atoms with Crippen molar-refractivity contribution in [3.8, 4) is 11.8 Å². The Morgan fingerprint density at radius 1 is 1.44 bits per heavy atom. The quantitative estimate of drug-likeness (QED) is 0.584. The number of halogens is 1. The first-order valence-electron chi connectivity index (χ1n) is 5.30. The summed E-state index contributed by atoms with van der Waals surface area (Å²) in [5, 5.41) is 1.55. The van der Waals surface area contributed by atoms with E-state index in [9.17, 15) is 4.79 Å². The van der Waals surface area contributed by atoms with Crippen LogP contribution in [0.15, 0.2) is 30.5 Å². The van der Waals surface area contributed by atoms with Crippen LogP contribution >= 0.6 is 11.6 Å². The van der Waals surface area contributed by atoms with Gasteiger partial charge in [0.25, 0.3) is 0 Å². The van der Waals surface area contributed by atoms with E-state index < -0.39 is 0 Å². The number of pyridine rings is 1. The van der Waals surface area contributed by atoms with Gasteiger partial charge in [0.15, 0.2) is 0 Å². The normalized spacial score (nSPS) is 9.67. The van der Waals surface area contributed by atoms with E-state index in [2.05, 4.69) is 21.6 Å². The maximum Gasteiger partial charge on any atom is 0.317 e. The van der Waals surface area contributed by atoms with Crippen LogP contribution in [0, 0.1) is 11.8 Å². The van der Waals surface area contributed by atoms with Crippen LogP contribution in [0.1, 0.15) is 12.0 Å². The molecule has 0 saturated heterocycles. The van der Waals surface area contributed by atoms with E-state index in [0.717, 1.165) is 16.5 Å². The molecule has 2 rings (SSSR count). The van der Waals surface area contributed by atoms with Crippen molar-refractivity contribution in [3.63, 3.8) is 0 Å². The molecule has 0 spiro atoms. The van der Waals surface area contributed by atoms with Crippen molar-refractivity contribution in [3.05, 3.63) is 41.0 Å². The fourth-order valence-electron chi connectivity index (χ4n) is 1.48. The largest absolute Gasteiger partial charge is 0.468 e. The molecule has 0 bridgehead atoms. The van der Waals surface area contributed by atoms with Crippen LogP contribution in [0.2, 0.25) is 5.02 Å². The molecule has 0 aliphatic carbocycles. The number of rotatable bonds is 1. The number of ether oxygens (including phenoxy) is 1. The smallest absolute Gasteiger partial charge is 0.317 e. The highest BCUT2D eigenvalue weighted by atomic mass is 35.5. The summed E-state index contributed by atoms with van der Waals surface area (Å²) in [5.41, 5.74) is 1.58. The molecule has 0 radical (unpaired) electrons. The second kappa shape index (κ2) is 5.52. The number of carbonyl (C=O) groups excluding carboxylic acids is 1. The van der Waals surface area contributed by atoms with E-state index in [4.69, 9.17) is 11.6 Å². The maximum absolute atomic E-state index is 10.9. The summed E-state index contributed by atoms with van der Waals surface area (Å²) in [6.45, 7) is 0. The molecule has 1 aromatic carbocycles. The van der Waals surface area contributed by atoms with E-state index >= 15 is 0 Å². The topological polar surface area (TPSA) is 39.2 Å². The maximum atomic E-state index is 10.9. The minimum Gasteiger partial charge on any atom is -0.468 e. The first-order valence-corrected chi connectivity index (χ1v) is 5.68. The molecular weight excluding hydrogens is 250 g/mol. The van der Waals surface area contributed by atoms with Crippen molar-refractivity contribution in [2.75, 3.05) is 7.11 Å². The second-order valence-corrected chi connectivity index (χ2v) is 3.99. The number of hydrogen-bond donors (Lipinski definition) is 0. The molecule has 90 valence electrons. The number of methoxy groups -OCH3 is 1. The van der Waals surface area contributed by atoms with E-state index in [1.807, 2.05) is 18.2 Å². The molecule has 0 N–H and O–H groups in total. The molecule has 0 amide bonds. The molecule has 4 heteroatoms. The SMILES string of the molecule is COC(=O)CC#Cc1ccc2c(Cl)ccnc2c1. The molecular formula is C14H10ClNO2. The van der Waals surface area contributed by atoms with Crippen LogP contribution in [-0.2, 0) is 9.53 Å². The monoisotopic (exact) mass is 259 g/mol. The van der Waals surface area contributed by atoms with Gasteiger partial charge < -0.3 is 4.74 Å². The Morgan fingerprint density at radius 2 is 2.28 bits per heavy atom. The molecule has 0 fully saturated rings. The third kappa shape index (κ3) is 2.79. The molecule has 2 aromatic rings. The Hall–Kier alpha value is -2.05. The lowest BCUT2D eigenvalue weighted by Gasteiger charge is -1.99. The summed E-state index contributed by atoms with van der Waals surface area (Å²) in [6, 6.07) is 7.30. The van der Waals surface area contributed by atoms with Crippen LogP contribution in [0.4, 0.5) is 0 Å². The fraction of sp³-hybridized carbons (Fsp3) is 0.143. The lowest BCUT2D eigenvalue weighted by Crippen LogP contribution is -1.97. The third-order valence-corrected chi connectivity index (χ3v) is 2.71. The van der Waals surface area contributed by atoms with Gasteiger partial charge in [-0.1, -0.05) is 29.5 Å². The number of fused-ring (bicyclic) bond motifs is 1. The van der Waals surface area contributed by atoms with Gasteiger partial charge in [-0.3, -0.25) is 9.78 Å². The van der Waals surface area contributed by atoms with Gasteiger partial charge in [-0.05, 0) is 18.2 Å². The Morgan fingerprint density at radius 3 is 3.06 bits per heavy atom. The van der Waals surface area contributed by atoms with Crippen LogP contribution in [0.25, 0.3) is 10.9 Å². The molecule has 18 heavy (non-hydrogen) atoms. The molecule has 0 aliphatic rings. The first kappa shape index (κ1) is 12.4. The van der Waals surface area contributed by atoms with Gasteiger partial charge in [0.1, 0.15) is 6.42 Å². The first-order chi connectivity index (χ1) is 8.70. The van der Waals surface area contributed by atoms with Gasteiger partial charge in [-0.25, -0.2) is 0 Å². The minimum absolute atomic E-state index is 0.0809. The number of nitrogens with zero attached hydrogens (tertiary/aromatic N) is 1. The van der Waals surface area contributed by atoms with Gasteiger partial charge in [0.05, 0.1) is 17.6 Å². The van der Waals surface area contributed by atoms with Crippen LogP contribution < -0.4 is 0 Å². The summed E-state index contributed by atoms with van der Waals surface area (Å²) >= 11 is 6.04. The van der Waals surface area contributed by atoms with Crippen molar-refractivity contribution < 1.29 is 9.53 Å². The average molecular weight is 260 g/mol. The molecule has 1 aromatic heterocycles. The van der Waals surface area contributed by atoms with Gasteiger partial charge in [-0.2, -0.15) is 0 Å². The van der Waals surface area contributed by atoms with Crippen molar-refractivity contribution in [1.82, 2.24) is 4.98 Å². The predicted molar refractivity (Wildman–Crippen MR) is 70.3 cm³/mol. The number of hydrogen-bond acceptors (Lipinski definition) is 3. The Bertz CT molecular complexity index is 656. The summed E-state index contributed by atoms with van der Waals surface area (Å²) in [4.78, 5) is 15.1. The lowest BCUT2D eigenvalue weighted by atomic mass is 10.1. The lowest BCUT2D eigenvalue weighted by molar-refractivity contribution is -0.139. The molecule has 3 nitrogen and oxygen atoms in total. The number of aromatic nitrogens is 1. The van der Waals surface area contributed by atoms with Gasteiger partial charge in [0.2, 0.25) is 0 Å². The third-order valence-electron chi connectivity index (χ3n) is 2.38. The zero-order valence-corrected chi connectivity index (χ0v) is 10.5. The highest BCUT2D eigenvalue weighted by Gasteiger charge is 2.00. The van der Waals surface area contributed by atoms with E-state index in [-0.39, 0.29) is 12.4 Å². The van der Waals surface area contributed by atoms with Crippen molar-refractivity contribution >= 4 is 28.5 Å². The summed E-state index contributed by atoms with van der Waals surface area (Å²) in [5.74, 6) is 5.29. The second-order valence-electron chi connectivity index (χ2n) is 3.58. The highest BCUT2D eigenvalue weighted by Crippen LogP contribution is 2.21. The standard InChI is InChI=1S/C14H10ClNO2/c1-18-14(17)4-2-3-10-5-6-11-12(15)7-8-16-13(11)9-10/h5-9H,4H2,1H3. The average Bonchev–Trinajstić information content (AvgIpc) is 2.38. The minimum atomic E-state index is -0.343. The molecule has 0 unspecified atom stereocenters. The molecule has 1 heterocycles. The number of carbonyl (C=O) groups is 1. The highest BCUT2D eigenvalue weighted by molar-refractivity contribution is 6.35. The molecule has 0 aliphatic heterocycles. The summed E-state index contributed by atoms with van der Waals surface area (Å²) < 4.78 is 4.50. The van der Waals surface area contributed by atoms with Crippen molar-refractivity contribution in [2.24, 2.45) is 0 Å². The Kier molecular flexibility index (Phi) is 3.81. The zero-order valence-electron chi connectivity index (χ0n) is 9.74. The van der Waals surface area contributed by atoms with Gasteiger partial charge >= 0.3 is 5.97 Å². The van der Waals surface area contributed by atoms with Gasteiger partial charge in [0, 0.05) is 17.1 Å². The van der Waals surface area contributed by atoms with Crippen LogP contribution in [0.3, 0.4) is 0 Å². The van der Waals surface area contributed by atoms with E-state index in [1.165, 1.54) is 7.11 Å². The number of esters is 1. The van der Waals surface area contributed by atoms with E-state index in [0.29, 0.717) is 5.02 Å². The van der Waals surface area contributed by atoms with Gasteiger partial charge in [-0.15, -0.1) is 0 Å². The van der Waals surface area contributed by atoms with E-state index in [1.54, 1.807) is 12.3 Å². The molecule has 0 saturated carbocycles. The summed E-state index contributed by atoms with van der Waals surface area (Å²) in [7, 11) is 1.34. The van der Waals surface area contributed by atoms with Crippen molar-refractivity contribution in [2.45, 2.75) is 6.42 Å². The Balaban J connectivity index is 2.28. The van der Waals surface area contributed by atoms with Crippen molar-refractivity contribution in [1.29, 1.82) is 0 Å². The van der Waals surface area contributed by atoms with Crippen LogP contribution in [-0.4, -0.2) is 18.1 Å². The summed E-state index contributed by atoms with van der Waals surface area (Å²) in [6.07, 6.45) is 1.73. The molecule has 0 atom stereocenters. The van der Waals surface area contributed by atoms with Crippen LogP contribution in [0.5, 0.6) is 0 Å². The number of benzene rings is 1. The predicted octanol–water partition coefficient (Wildman–Crippen LogP) is 2.80. The fourth-order valence-corrected chi connectivity index (χ4v) is 1.70. The Labute approximate surface area is 110 Å². The zero-order chi connectivity index (χ0) is 13.0.